The summed E-state index contributed by atoms with van der Waals surface area (Å²) in [6, 6.07) is 51.8. The Labute approximate surface area is 293 Å². The summed E-state index contributed by atoms with van der Waals surface area (Å²) in [5.41, 5.74) is 13.5. The lowest BCUT2D eigenvalue weighted by Crippen LogP contribution is -2.32. The Morgan fingerprint density at radius 3 is 2.14 bits per heavy atom. The van der Waals surface area contributed by atoms with Crippen LogP contribution in [-0.4, -0.2) is 4.57 Å². The Balaban J connectivity index is 1.24. The van der Waals surface area contributed by atoms with Gasteiger partial charge in [-0.3, -0.25) is 0 Å². The van der Waals surface area contributed by atoms with Crippen molar-refractivity contribution in [2.24, 2.45) is 0 Å². The highest BCUT2D eigenvalue weighted by atomic mass is 32.1. The van der Waals surface area contributed by atoms with Crippen LogP contribution in [0.5, 0.6) is 11.5 Å². The maximum absolute atomic E-state index is 7.24. The number of fused-ring (bicyclic) bond motifs is 18. The van der Waals surface area contributed by atoms with Crippen LogP contribution in [0.2, 0.25) is 0 Å². The Morgan fingerprint density at radius 1 is 0.580 bits per heavy atom. The summed E-state index contributed by atoms with van der Waals surface area (Å²) in [7, 11) is 0. The number of hydrogen-bond donors (Lipinski definition) is 0. The van der Waals surface area contributed by atoms with Gasteiger partial charge in [0.25, 0.3) is 0 Å². The summed E-state index contributed by atoms with van der Waals surface area (Å²) in [5.74, 6) is 1.90. The van der Waals surface area contributed by atoms with Crippen molar-refractivity contribution >= 4 is 59.4 Å². The lowest BCUT2D eigenvalue weighted by Gasteiger charge is -2.39. The highest BCUT2D eigenvalue weighted by molar-refractivity contribution is 7.25. The number of hydrogen-bond acceptors (Lipinski definition) is 2. The van der Waals surface area contributed by atoms with Gasteiger partial charge < -0.3 is 9.30 Å². The standard InChI is InChI=1S/C47H29NOS/c1-2-12-30-28(11-1)21-25-39-44(30)45-40(48(39)29-22-23-34-33-15-5-10-20-42(33)50-43(34)27-29)26-24-38-46(45)49-41-19-9-8-18-37(41)47(38)35-16-6-3-13-31(35)32-14-4-7-17-36(32)47/h1,3-11,13-27H,2,12H2. The average Bonchev–Trinajstić information content (AvgIpc) is 3.82. The molecule has 3 heterocycles. The van der Waals surface area contributed by atoms with Crippen molar-refractivity contribution in [2.75, 3.05) is 0 Å². The van der Waals surface area contributed by atoms with E-state index in [0.717, 1.165) is 24.3 Å². The number of nitrogens with zero attached hydrogens (tertiary/aromatic N) is 1. The Hall–Kier alpha value is -5.90. The van der Waals surface area contributed by atoms with Crippen LogP contribution in [-0.2, 0) is 11.8 Å². The number of benzene rings is 7. The van der Waals surface area contributed by atoms with Gasteiger partial charge in [0, 0.05) is 42.4 Å². The van der Waals surface area contributed by atoms with Crippen LogP contribution >= 0.6 is 11.3 Å². The molecule has 2 aromatic heterocycles. The fraction of sp³-hybridized carbons (Fsp3) is 0.0638. The van der Waals surface area contributed by atoms with E-state index in [1.807, 2.05) is 11.3 Å². The summed E-state index contributed by atoms with van der Waals surface area (Å²) < 4.78 is 12.4. The summed E-state index contributed by atoms with van der Waals surface area (Å²) >= 11 is 1.87. The first-order chi connectivity index (χ1) is 24.8. The molecule has 0 atom stereocenters. The second-order valence-electron chi connectivity index (χ2n) is 13.9. The minimum absolute atomic E-state index is 0.495. The van der Waals surface area contributed by atoms with Gasteiger partial charge in [-0.2, -0.15) is 0 Å². The molecule has 1 spiro atoms. The zero-order valence-electron chi connectivity index (χ0n) is 27.1. The van der Waals surface area contributed by atoms with E-state index in [-0.39, 0.29) is 0 Å². The Morgan fingerprint density at radius 2 is 1.28 bits per heavy atom. The van der Waals surface area contributed by atoms with Gasteiger partial charge in [-0.1, -0.05) is 115 Å². The molecule has 0 radical (unpaired) electrons. The number of allylic oxidation sites excluding steroid dienone is 1. The number of rotatable bonds is 1. The van der Waals surface area contributed by atoms with E-state index in [0.29, 0.717) is 0 Å². The molecule has 12 rings (SSSR count). The van der Waals surface area contributed by atoms with Gasteiger partial charge in [-0.25, -0.2) is 0 Å². The summed E-state index contributed by atoms with van der Waals surface area (Å²) in [6.07, 6.45) is 6.66. The first-order valence-electron chi connectivity index (χ1n) is 17.5. The molecule has 0 fully saturated rings. The van der Waals surface area contributed by atoms with Crippen LogP contribution in [0.25, 0.3) is 64.9 Å². The number of thiophene rings is 1. The van der Waals surface area contributed by atoms with E-state index in [1.165, 1.54) is 92.2 Å². The molecular formula is C47H29NOS. The maximum Gasteiger partial charge on any atom is 0.142 e. The van der Waals surface area contributed by atoms with Crippen LogP contribution in [0.3, 0.4) is 0 Å². The second kappa shape index (κ2) is 9.62. The van der Waals surface area contributed by atoms with E-state index in [4.69, 9.17) is 4.74 Å². The van der Waals surface area contributed by atoms with Crippen molar-refractivity contribution in [3.05, 3.63) is 179 Å². The Kier molecular flexibility index (Phi) is 5.19. The van der Waals surface area contributed by atoms with Gasteiger partial charge >= 0.3 is 0 Å². The van der Waals surface area contributed by atoms with E-state index in [9.17, 15) is 0 Å². The van der Waals surface area contributed by atoms with Crippen LogP contribution in [0.1, 0.15) is 39.8 Å². The van der Waals surface area contributed by atoms with Crippen molar-refractivity contribution in [3.8, 4) is 28.3 Å². The minimum atomic E-state index is -0.495. The van der Waals surface area contributed by atoms with E-state index >= 15 is 0 Å². The number of para-hydroxylation sites is 1. The molecule has 0 saturated heterocycles. The third-order valence-electron chi connectivity index (χ3n) is 11.5. The average molecular weight is 656 g/mol. The van der Waals surface area contributed by atoms with E-state index in [1.54, 1.807) is 0 Å². The van der Waals surface area contributed by atoms with Gasteiger partial charge in [0.05, 0.1) is 21.8 Å². The molecule has 7 aromatic carbocycles. The molecule has 0 amide bonds. The van der Waals surface area contributed by atoms with Gasteiger partial charge in [-0.05, 0) is 82.6 Å². The largest absolute Gasteiger partial charge is 0.456 e. The number of aromatic nitrogens is 1. The lowest BCUT2D eigenvalue weighted by atomic mass is 9.66. The van der Waals surface area contributed by atoms with E-state index in [2.05, 4.69) is 156 Å². The lowest BCUT2D eigenvalue weighted by molar-refractivity contribution is 0.442. The van der Waals surface area contributed by atoms with Crippen LogP contribution < -0.4 is 4.74 Å². The fourth-order valence-corrected chi connectivity index (χ4v) is 10.7. The van der Waals surface area contributed by atoms with Crippen molar-refractivity contribution < 1.29 is 4.74 Å². The molecule has 50 heavy (non-hydrogen) atoms. The summed E-state index contributed by atoms with van der Waals surface area (Å²) in [5, 5.41) is 5.15. The zero-order chi connectivity index (χ0) is 32.6. The SMILES string of the molecule is C1=Cc2ccc3c(c2CC1)c1c2c(ccc1n3-c1ccc3c(c1)sc1ccccc13)C1(c3ccccc3O2)c2ccccc2-c2ccccc21. The van der Waals surface area contributed by atoms with Crippen LogP contribution in [0, 0.1) is 0 Å². The monoisotopic (exact) mass is 655 g/mol. The predicted molar refractivity (Wildman–Crippen MR) is 208 cm³/mol. The fourth-order valence-electron chi connectivity index (χ4n) is 9.58. The minimum Gasteiger partial charge on any atom is -0.456 e. The highest BCUT2D eigenvalue weighted by Crippen LogP contribution is 2.63. The molecule has 234 valence electrons. The Bertz CT molecular complexity index is 2930. The first kappa shape index (κ1) is 27.0. The third-order valence-corrected chi connectivity index (χ3v) is 12.7. The van der Waals surface area contributed by atoms with Gasteiger partial charge in [-0.15, -0.1) is 11.3 Å². The molecule has 0 bridgehead atoms. The third kappa shape index (κ3) is 3.24. The molecule has 2 nitrogen and oxygen atoms in total. The van der Waals surface area contributed by atoms with Gasteiger partial charge in [0.2, 0.25) is 0 Å². The van der Waals surface area contributed by atoms with Crippen molar-refractivity contribution in [1.29, 1.82) is 0 Å². The molecule has 9 aromatic rings. The smallest absolute Gasteiger partial charge is 0.142 e. The van der Waals surface area contributed by atoms with Crippen LogP contribution in [0.4, 0.5) is 0 Å². The summed E-state index contributed by atoms with van der Waals surface area (Å²) in [6.45, 7) is 0. The molecule has 1 aliphatic heterocycles. The van der Waals surface area contributed by atoms with Crippen molar-refractivity contribution in [1.82, 2.24) is 4.57 Å². The molecule has 0 unspecified atom stereocenters. The molecule has 2 aliphatic carbocycles. The molecule has 0 saturated carbocycles. The van der Waals surface area contributed by atoms with Crippen molar-refractivity contribution in [3.63, 3.8) is 0 Å². The zero-order valence-corrected chi connectivity index (χ0v) is 27.9. The molecular weight excluding hydrogens is 627 g/mol. The molecule has 3 aliphatic rings. The van der Waals surface area contributed by atoms with Crippen molar-refractivity contribution in [2.45, 2.75) is 18.3 Å². The molecule has 3 heteroatoms. The maximum atomic E-state index is 7.24. The van der Waals surface area contributed by atoms with Crippen LogP contribution in [0.15, 0.2) is 146 Å². The van der Waals surface area contributed by atoms with Gasteiger partial charge in [0.1, 0.15) is 11.5 Å². The number of ether oxygens (including phenoxy) is 1. The first-order valence-corrected chi connectivity index (χ1v) is 18.3. The second-order valence-corrected chi connectivity index (χ2v) is 14.9. The van der Waals surface area contributed by atoms with E-state index < -0.39 is 5.41 Å². The number of aryl methyl sites for hydroxylation is 1. The topological polar surface area (TPSA) is 14.2 Å². The molecule has 0 N–H and O–H groups in total. The normalized spacial score (nSPS) is 14.9. The quantitative estimate of drug-likeness (QED) is 0.172. The predicted octanol–water partition coefficient (Wildman–Crippen LogP) is 12.6. The van der Waals surface area contributed by atoms with Gasteiger partial charge in [0.15, 0.2) is 0 Å². The highest BCUT2D eigenvalue weighted by Gasteiger charge is 2.51. The summed E-state index contributed by atoms with van der Waals surface area (Å²) in [4.78, 5) is 0.